The van der Waals surface area contributed by atoms with Gasteiger partial charge in [0.15, 0.2) is 0 Å². The van der Waals surface area contributed by atoms with E-state index in [-0.39, 0.29) is 0 Å². The molecule has 0 radical (unpaired) electrons. The topological polar surface area (TPSA) is 13.1 Å². The highest BCUT2D eigenvalue weighted by molar-refractivity contribution is 6.33. The molecule has 0 aliphatic heterocycles. The molecule has 0 aliphatic rings. The molecule has 0 saturated carbocycles. The molecule has 84 valence electrons. The third-order valence-electron chi connectivity index (χ3n) is 3.52. The largest absolute Gasteiger partial charge is 0.456 e. The van der Waals surface area contributed by atoms with Gasteiger partial charge in [0.05, 0.1) is 0 Å². The summed E-state index contributed by atoms with van der Waals surface area (Å²) in [5, 5.41) is 4.95. The molecular formula is C16H11BO. The van der Waals surface area contributed by atoms with Crippen LogP contribution in [-0.2, 0) is 0 Å². The Morgan fingerprint density at radius 3 is 2.61 bits per heavy atom. The highest BCUT2D eigenvalue weighted by Crippen LogP contribution is 2.33. The monoisotopic (exact) mass is 230 g/mol. The maximum Gasteiger partial charge on any atom is 0.139 e. The summed E-state index contributed by atoms with van der Waals surface area (Å²) in [5.74, 6) is 0. The van der Waals surface area contributed by atoms with Crippen LogP contribution in [0.15, 0.2) is 59.0 Å². The van der Waals surface area contributed by atoms with Crippen LogP contribution in [0.3, 0.4) is 0 Å². The fourth-order valence-corrected chi connectivity index (χ4v) is 2.65. The molecule has 18 heavy (non-hydrogen) atoms. The van der Waals surface area contributed by atoms with E-state index in [2.05, 4.69) is 62.4 Å². The molecule has 0 atom stereocenters. The van der Waals surface area contributed by atoms with Crippen molar-refractivity contribution in [1.29, 1.82) is 0 Å². The van der Waals surface area contributed by atoms with Crippen molar-refractivity contribution >= 4 is 46.0 Å². The van der Waals surface area contributed by atoms with Crippen molar-refractivity contribution in [2.24, 2.45) is 0 Å². The summed E-state index contributed by atoms with van der Waals surface area (Å²) < 4.78 is 5.94. The summed E-state index contributed by atoms with van der Waals surface area (Å²) in [4.78, 5) is 0. The number of fused-ring (bicyclic) bond motifs is 5. The van der Waals surface area contributed by atoms with Gasteiger partial charge in [0.1, 0.15) is 19.0 Å². The van der Waals surface area contributed by atoms with E-state index in [1.807, 2.05) is 0 Å². The molecule has 2 heteroatoms. The summed E-state index contributed by atoms with van der Waals surface area (Å²) in [6.07, 6.45) is 0. The second kappa shape index (κ2) is 3.39. The lowest BCUT2D eigenvalue weighted by Crippen LogP contribution is -1.98. The Morgan fingerprint density at radius 2 is 1.67 bits per heavy atom. The lowest BCUT2D eigenvalue weighted by Gasteiger charge is -1.98. The van der Waals surface area contributed by atoms with Crippen LogP contribution in [0.5, 0.6) is 0 Å². The standard InChI is InChI=1S/C16H11BO/c17-11-6-7-13-15(9-11)18-14-8-5-10-3-1-2-4-12(10)16(13)14/h1-9H,17H2. The third-order valence-corrected chi connectivity index (χ3v) is 3.52. The molecule has 0 spiro atoms. The van der Waals surface area contributed by atoms with Gasteiger partial charge in [-0.25, -0.2) is 0 Å². The Balaban J connectivity index is 2.33. The second-order valence-corrected chi connectivity index (χ2v) is 4.76. The first kappa shape index (κ1) is 9.78. The van der Waals surface area contributed by atoms with E-state index in [4.69, 9.17) is 4.42 Å². The fourth-order valence-electron chi connectivity index (χ4n) is 2.65. The van der Waals surface area contributed by atoms with Gasteiger partial charge in [-0.15, -0.1) is 0 Å². The average molecular weight is 230 g/mol. The fraction of sp³-hybridized carbons (Fsp3) is 0. The van der Waals surface area contributed by atoms with E-state index in [0.29, 0.717) is 0 Å². The minimum absolute atomic E-state index is 0.967. The molecule has 1 heterocycles. The summed E-state index contributed by atoms with van der Waals surface area (Å²) in [6, 6.07) is 19.0. The summed E-state index contributed by atoms with van der Waals surface area (Å²) in [5.41, 5.74) is 3.17. The molecule has 4 rings (SSSR count). The van der Waals surface area contributed by atoms with E-state index in [0.717, 1.165) is 11.2 Å². The van der Waals surface area contributed by atoms with Crippen LogP contribution in [0.4, 0.5) is 0 Å². The van der Waals surface area contributed by atoms with Gasteiger partial charge in [-0.05, 0) is 22.9 Å². The van der Waals surface area contributed by atoms with Crippen molar-refractivity contribution in [2.75, 3.05) is 0 Å². The number of hydrogen-bond acceptors (Lipinski definition) is 1. The molecule has 0 N–H and O–H groups in total. The second-order valence-electron chi connectivity index (χ2n) is 4.76. The lowest BCUT2D eigenvalue weighted by atomic mass is 9.95. The first-order valence-electron chi connectivity index (χ1n) is 6.13. The Hall–Kier alpha value is -2.22. The van der Waals surface area contributed by atoms with E-state index >= 15 is 0 Å². The number of furan rings is 1. The van der Waals surface area contributed by atoms with Gasteiger partial charge in [-0.2, -0.15) is 0 Å². The van der Waals surface area contributed by atoms with E-state index < -0.39 is 0 Å². The first-order valence-corrected chi connectivity index (χ1v) is 6.13. The van der Waals surface area contributed by atoms with Crippen molar-refractivity contribution in [1.82, 2.24) is 0 Å². The van der Waals surface area contributed by atoms with Crippen molar-refractivity contribution in [3.63, 3.8) is 0 Å². The Morgan fingerprint density at radius 1 is 0.778 bits per heavy atom. The van der Waals surface area contributed by atoms with Crippen molar-refractivity contribution < 1.29 is 4.42 Å². The van der Waals surface area contributed by atoms with Crippen LogP contribution in [0, 0.1) is 0 Å². The van der Waals surface area contributed by atoms with Crippen molar-refractivity contribution in [2.45, 2.75) is 0 Å². The van der Waals surface area contributed by atoms with Gasteiger partial charge in [-0.3, -0.25) is 0 Å². The van der Waals surface area contributed by atoms with Gasteiger partial charge in [0.25, 0.3) is 0 Å². The average Bonchev–Trinajstić information content (AvgIpc) is 2.76. The number of rotatable bonds is 0. The van der Waals surface area contributed by atoms with Crippen LogP contribution < -0.4 is 5.46 Å². The van der Waals surface area contributed by atoms with E-state index in [9.17, 15) is 0 Å². The zero-order valence-electron chi connectivity index (χ0n) is 10.1. The molecule has 0 bridgehead atoms. The van der Waals surface area contributed by atoms with E-state index in [1.54, 1.807) is 0 Å². The maximum absolute atomic E-state index is 5.94. The van der Waals surface area contributed by atoms with Crippen molar-refractivity contribution in [3.8, 4) is 0 Å². The molecular weight excluding hydrogens is 219 g/mol. The SMILES string of the molecule is Bc1ccc2c(c1)oc1ccc3ccccc3c12. The smallest absolute Gasteiger partial charge is 0.139 e. The first-order chi connectivity index (χ1) is 8.83. The van der Waals surface area contributed by atoms with Crippen molar-refractivity contribution in [3.05, 3.63) is 54.6 Å². The minimum atomic E-state index is 0.967. The number of benzene rings is 3. The Kier molecular flexibility index (Phi) is 1.84. The van der Waals surface area contributed by atoms with Crippen LogP contribution in [-0.4, -0.2) is 7.85 Å². The highest BCUT2D eigenvalue weighted by atomic mass is 16.3. The van der Waals surface area contributed by atoms with Crippen LogP contribution in [0.1, 0.15) is 0 Å². The lowest BCUT2D eigenvalue weighted by molar-refractivity contribution is 0.669. The van der Waals surface area contributed by atoms with Gasteiger partial charge in [0, 0.05) is 10.8 Å². The molecule has 4 aromatic rings. The third kappa shape index (κ3) is 1.23. The normalized spacial score (nSPS) is 11.6. The van der Waals surface area contributed by atoms with E-state index in [1.165, 1.54) is 27.0 Å². The summed E-state index contributed by atoms with van der Waals surface area (Å²) in [7, 11) is 2.09. The molecule has 0 saturated heterocycles. The minimum Gasteiger partial charge on any atom is -0.456 e. The summed E-state index contributed by atoms with van der Waals surface area (Å²) in [6.45, 7) is 0. The maximum atomic E-state index is 5.94. The van der Waals surface area contributed by atoms with Gasteiger partial charge in [0.2, 0.25) is 0 Å². The molecule has 0 fully saturated rings. The van der Waals surface area contributed by atoms with Gasteiger partial charge < -0.3 is 4.42 Å². The van der Waals surface area contributed by atoms with Crippen LogP contribution >= 0.6 is 0 Å². The predicted octanol–water partition coefficient (Wildman–Crippen LogP) is 3.00. The molecule has 0 aliphatic carbocycles. The Labute approximate surface area is 105 Å². The quantitative estimate of drug-likeness (QED) is 0.423. The molecule has 1 nitrogen and oxygen atoms in total. The highest BCUT2D eigenvalue weighted by Gasteiger charge is 2.09. The molecule has 1 aromatic heterocycles. The Bertz CT molecular complexity index is 889. The van der Waals surface area contributed by atoms with Gasteiger partial charge in [-0.1, -0.05) is 47.9 Å². The molecule has 0 amide bonds. The molecule has 3 aromatic carbocycles. The van der Waals surface area contributed by atoms with Gasteiger partial charge >= 0.3 is 0 Å². The predicted molar refractivity (Wildman–Crippen MR) is 79.4 cm³/mol. The summed E-state index contributed by atoms with van der Waals surface area (Å²) >= 11 is 0. The zero-order chi connectivity index (χ0) is 12.1. The van der Waals surface area contributed by atoms with Crippen LogP contribution in [0.25, 0.3) is 32.7 Å². The van der Waals surface area contributed by atoms with Crippen LogP contribution in [0.2, 0.25) is 0 Å². The zero-order valence-corrected chi connectivity index (χ0v) is 10.1. The molecule has 0 unspecified atom stereocenters. The number of hydrogen-bond donors (Lipinski definition) is 0.